The lowest BCUT2D eigenvalue weighted by molar-refractivity contribution is -0.121. The minimum Gasteiger partial charge on any atom is -0.359 e. The molecule has 164 valence electrons. The van der Waals surface area contributed by atoms with Gasteiger partial charge in [0, 0.05) is 39.6 Å². The molecule has 0 aromatic carbocycles. The van der Waals surface area contributed by atoms with Crippen molar-refractivity contribution in [3.63, 3.8) is 0 Å². The van der Waals surface area contributed by atoms with Crippen molar-refractivity contribution in [3.05, 3.63) is 0 Å². The maximum atomic E-state index is 11.6. The third-order valence-corrected chi connectivity index (χ3v) is 6.02. The number of nitrogens with one attached hydrogen (secondary N) is 2. The van der Waals surface area contributed by atoms with E-state index in [4.69, 9.17) is 4.99 Å². The van der Waals surface area contributed by atoms with Gasteiger partial charge in [0.05, 0.1) is 0 Å². The van der Waals surface area contributed by atoms with Crippen molar-refractivity contribution in [3.8, 4) is 0 Å². The van der Waals surface area contributed by atoms with Crippen LogP contribution in [0, 0.1) is 11.8 Å². The zero-order valence-electron chi connectivity index (χ0n) is 18.2. The first-order chi connectivity index (χ1) is 13.1. The lowest BCUT2D eigenvalue weighted by Crippen LogP contribution is -2.46. The topological polar surface area (TPSA) is 60.0 Å². The highest BCUT2D eigenvalue weighted by Gasteiger charge is 2.23. The molecular formula is C21H42IN5O. The predicted molar refractivity (Wildman–Crippen MR) is 128 cm³/mol. The van der Waals surface area contributed by atoms with Gasteiger partial charge in [-0.1, -0.05) is 6.92 Å². The lowest BCUT2D eigenvalue weighted by atomic mass is 9.93. The first-order valence-corrected chi connectivity index (χ1v) is 11.1. The largest absolute Gasteiger partial charge is 0.359 e. The van der Waals surface area contributed by atoms with Crippen molar-refractivity contribution in [2.45, 2.75) is 58.8 Å². The van der Waals surface area contributed by atoms with Gasteiger partial charge in [0.25, 0.3) is 0 Å². The van der Waals surface area contributed by atoms with E-state index in [1.807, 2.05) is 0 Å². The molecule has 0 bridgehead atoms. The number of hydrogen-bond donors (Lipinski definition) is 2. The zero-order valence-corrected chi connectivity index (χ0v) is 20.5. The number of unbranched alkanes of at least 4 members (excludes halogenated alkanes) is 1. The molecule has 0 aliphatic carbocycles. The summed E-state index contributed by atoms with van der Waals surface area (Å²) in [5.41, 5.74) is 0. The van der Waals surface area contributed by atoms with Crippen LogP contribution < -0.4 is 10.6 Å². The summed E-state index contributed by atoms with van der Waals surface area (Å²) in [6.45, 7) is 12.1. The number of piperidine rings is 2. The van der Waals surface area contributed by atoms with Crippen molar-refractivity contribution in [1.82, 2.24) is 20.4 Å². The second-order valence-electron chi connectivity index (χ2n) is 8.27. The van der Waals surface area contributed by atoms with Crippen molar-refractivity contribution < 1.29 is 4.79 Å². The normalized spacial score (nSPS) is 20.0. The number of carbonyl (C=O) groups is 1. The molecule has 2 N–H and O–H groups in total. The number of amides is 1. The Morgan fingerprint density at radius 1 is 1.07 bits per heavy atom. The molecule has 6 nitrogen and oxygen atoms in total. The van der Waals surface area contributed by atoms with E-state index >= 15 is 0 Å². The van der Waals surface area contributed by atoms with Gasteiger partial charge in [0.1, 0.15) is 0 Å². The second kappa shape index (κ2) is 14.4. The third-order valence-electron chi connectivity index (χ3n) is 6.02. The molecule has 0 radical (unpaired) electrons. The minimum atomic E-state index is 0. The Kier molecular flexibility index (Phi) is 13.1. The van der Waals surface area contributed by atoms with Gasteiger partial charge in [0.2, 0.25) is 5.91 Å². The highest BCUT2D eigenvalue weighted by molar-refractivity contribution is 14.0. The Bertz CT molecular complexity index is 458. The summed E-state index contributed by atoms with van der Waals surface area (Å²) in [7, 11) is 1.72. The number of guanidine groups is 1. The number of nitrogens with zero attached hydrogens (tertiary/aromatic N) is 3. The molecule has 0 aromatic rings. The number of carbonyl (C=O) groups excluding carboxylic acids is 1. The number of rotatable bonds is 8. The highest BCUT2D eigenvalue weighted by Crippen LogP contribution is 2.20. The Labute approximate surface area is 189 Å². The van der Waals surface area contributed by atoms with E-state index in [9.17, 15) is 4.79 Å². The van der Waals surface area contributed by atoms with Crippen LogP contribution in [0.4, 0.5) is 0 Å². The van der Waals surface area contributed by atoms with Crippen LogP contribution in [0.15, 0.2) is 4.99 Å². The van der Waals surface area contributed by atoms with Gasteiger partial charge < -0.3 is 20.4 Å². The maximum absolute atomic E-state index is 11.6. The Morgan fingerprint density at radius 2 is 1.75 bits per heavy atom. The average molecular weight is 508 g/mol. The first-order valence-electron chi connectivity index (χ1n) is 11.1. The molecule has 2 rings (SSSR count). The molecule has 28 heavy (non-hydrogen) atoms. The van der Waals surface area contributed by atoms with Crippen molar-refractivity contribution in [2.75, 3.05) is 52.9 Å². The molecule has 0 atom stereocenters. The van der Waals surface area contributed by atoms with E-state index in [1.165, 1.54) is 38.9 Å². The Balaban J connectivity index is 0.00000392. The molecule has 0 unspecified atom stereocenters. The number of halogens is 1. The van der Waals surface area contributed by atoms with Gasteiger partial charge in [-0.25, -0.2) is 0 Å². The maximum Gasteiger partial charge on any atom is 0.220 e. The molecule has 2 saturated heterocycles. The third kappa shape index (κ3) is 9.29. The van der Waals surface area contributed by atoms with Crippen LogP contribution in [0.3, 0.4) is 0 Å². The summed E-state index contributed by atoms with van der Waals surface area (Å²) < 4.78 is 0. The van der Waals surface area contributed by atoms with Crippen LogP contribution in [0.5, 0.6) is 0 Å². The summed E-state index contributed by atoms with van der Waals surface area (Å²) in [6, 6.07) is 0. The summed E-state index contributed by atoms with van der Waals surface area (Å²) in [5.74, 6) is 2.64. The Hall–Kier alpha value is -0.570. The smallest absolute Gasteiger partial charge is 0.220 e. The van der Waals surface area contributed by atoms with Crippen LogP contribution in [0.2, 0.25) is 0 Å². The quantitative estimate of drug-likeness (QED) is 0.230. The monoisotopic (exact) mass is 507 g/mol. The number of aliphatic imine (C=N–C) groups is 1. The van der Waals surface area contributed by atoms with E-state index in [0.29, 0.717) is 12.3 Å². The van der Waals surface area contributed by atoms with Crippen LogP contribution in [0.1, 0.15) is 58.8 Å². The van der Waals surface area contributed by atoms with Crippen LogP contribution in [-0.2, 0) is 4.79 Å². The van der Waals surface area contributed by atoms with Crippen LogP contribution in [0.25, 0.3) is 0 Å². The van der Waals surface area contributed by atoms with Gasteiger partial charge in [-0.3, -0.25) is 9.79 Å². The predicted octanol–water partition coefficient (Wildman–Crippen LogP) is 2.93. The molecule has 2 aliphatic heterocycles. The van der Waals surface area contributed by atoms with Gasteiger partial charge in [-0.15, -0.1) is 24.0 Å². The molecule has 2 aliphatic rings. The Morgan fingerprint density at radius 3 is 2.36 bits per heavy atom. The van der Waals surface area contributed by atoms with Gasteiger partial charge in [-0.05, 0) is 76.9 Å². The van der Waals surface area contributed by atoms with Crippen LogP contribution in [-0.4, -0.2) is 74.5 Å². The number of hydrogen-bond acceptors (Lipinski definition) is 3. The highest BCUT2D eigenvalue weighted by atomic mass is 127. The average Bonchev–Trinajstić information content (AvgIpc) is 2.69. The summed E-state index contributed by atoms with van der Waals surface area (Å²) in [4.78, 5) is 21.4. The van der Waals surface area contributed by atoms with E-state index in [-0.39, 0.29) is 29.9 Å². The zero-order chi connectivity index (χ0) is 19.5. The molecule has 1 amide bonds. The summed E-state index contributed by atoms with van der Waals surface area (Å²) >= 11 is 0. The fourth-order valence-corrected chi connectivity index (χ4v) is 4.06. The molecule has 2 heterocycles. The van der Waals surface area contributed by atoms with Gasteiger partial charge in [0.15, 0.2) is 5.96 Å². The fourth-order valence-electron chi connectivity index (χ4n) is 4.06. The van der Waals surface area contributed by atoms with Crippen molar-refractivity contribution in [2.24, 2.45) is 16.8 Å². The number of likely N-dealkylation sites (tertiary alicyclic amines) is 2. The fraction of sp³-hybridized carbons (Fsp3) is 0.905. The van der Waals surface area contributed by atoms with Crippen molar-refractivity contribution in [1.29, 1.82) is 0 Å². The van der Waals surface area contributed by atoms with Gasteiger partial charge in [-0.2, -0.15) is 0 Å². The minimum absolute atomic E-state index is 0. The molecular weight excluding hydrogens is 465 g/mol. The van der Waals surface area contributed by atoms with Crippen LogP contribution >= 0.6 is 24.0 Å². The first kappa shape index (κ1) is 25.5. The van der Waals surface area contributed by atoms with E-state index in [1.54, 1.807) is 7.05 Å². The molecule has 0 saturated carbocycles. The lowest BCUT2D eigenvalue weighted by Gasteiger charge is -2.34. The van der Waals surface area contributed by atoms with Crippen molar-refractivity contribution >= 4 is 35.8 Å². The molecule has 0 aromatic heterocycles. The van der Waals surface area contributed by atoms with Gasteiger partial charge >= 0.3 is 0 Å². The standard InChI is InChI=1S/C21H41N5O.HI/c1-4-23-21(26-15-9-19(10-16-26)17-20(27)22-3)24-11-5-6-12-25-13-7-18(2)8-14-25;/h18-19H,4-17H2,1-3H3,(H,22,27)(H,23,24);1H. The van der Waals surface area contributed by atoms with E-state index < -0.39 is 0 Å². The molecule has 0 spiro atoms. The molecule has 2 fully saturated rings. The molecule has 7 heteroatoms. The SMILES string of the molecule is CCNC(=NCCCCN1CCC(C)CC1)N1CCC(CC(=O)NC)CC1.I. The van der Waals surface area contributed by atoms with E-state index in [0.717, 1.165) is 57.3 Å². The summed E-state index contributed by atoms with van der Waals surface area (Å²) in [5, 5.41) is 6.19. The second-order valence-corrected chi connectivity index (χ2v) is 8.27. The summed E-state index contributed by atoms with van der Waals surface area (Å²) in [6.07, 6.45) is 7.93. The van der Waals surface area contributed by atoms with E-state index in [2.05, 4.69) is 34.3 Å².